The number of rotatable bonds is 12. The maximum Gasteiger partial charge on any atom is 0.187 e. The second-order valence-corrected chi connectivity index (χ2v) is 21.2. The Labute approximate surface area is 373 Å². The molecule has 0 aromatic heterocycles. The van der Waals surface area contributed by atoms with Crippen molar-refractivity contribution in [2.75, 3.05) is 19.8 Å². The first-order valence-electron chi connectivity index (χ1n) is 23.5. The summed E-state index contributed by atoms with van der Waals surface area (Å²) in [6.07, 6.45) is -14.1. The summed E-state index contributed by atoms with van der Waals surface area (Å²) in [5, 5.41) is 128. The van der Waals surface area contributed by atoms with Crippen molar-refractivity contribution in [1.82, 2.24) is 0 Å². The maximum absolute atomic E-state index is 13.0. The van der Waals surface area contributed by atoms with Gasteiger partial charge in [0.15, 0.2) is 24.7 Å². The molecule has 4 aliphatic heterocycles. The third-order valence-corrected chi connectivity index (χ3v) is 17.6. The number of hydrogen-bond acceptors (Lipinski definition) is 19. The van der Waals surface area contributed by atoms with Crippen LogP contribution < -0.4 is 0 Å². The molecule has 64 heavy (non-hydrogen) atoms. The Morgan fingerprint density at radius 2 is 1.38 bits per heavy atom. The van der Waals surface area contributed by atoms with E-state index in [4.69, 9.17) is 33.2 Å². The van der Waals surface area contributed by atoms with Crippen LogP contribution in [0.2, 0.25) is 0 Å². The average Bonchev–Trinajstić information content (AvgIpc) is 3.65. The molecule has 8 rings (SSSR count). The molecule has 4 saturated heterocycles. The van der Waals surface area contributed by atoms with E-state index < -0.39 is 128 Å². The highest BCUT2D eigenvalue weighted by Gasteiger charge is 2.74. The highest BCUT2D eigenvalue weighted by atomic mass is 16.8. The minimum atomic E-state index is -1.67. The van der Waals surface area contributed by atoms with Gasteiger partial charge in [-0.3, -0.25) is 0 Å². The fraction of sp³-hybridized carbons (Fsp3) is 0.956. The first-order chi connectivity index (χ1) is 30.1. The molecule has 0 spiro atoms. The molecule has 0 radical (unpaired) electrons. The lowest BCUT2D eigenvalue weighted by atomic mass is 9.45. The lowest BCUT2D eigenvalue weighted by Gasteiger charge is -2.61. The molecular formula is C45H74O19. The van der Waals surface area contributed by atoms with Crippen molar-refractivity contribution in [1.29, 1.82) is 0 Å². The van der Waals surface area contributed by atoms with E-state index in [1.807, 2.05) is 13.8 Å². The Kier molecular flexibility index (Phi) is 14.2. The number of aliphatic hydroxyl groups excluding tert-OH is 10. The Bertz CT molecular complexity index is 1660. The Morgan fingerprint density at radius 1 is 0.734 bits per heavy atom. The van der Waals surface area contributed by atoms with E-state index in [1.54, 1.807) is 0 Å². The quantitative estimate of drug-likeness (QED) is 0.0970. The fourth-order valence-electron chi connectivity index (χ4n) is 13.5. The standard InChI is InChI=1S/C45H74O19/c1-19(18-58-39-36(54)34(52)31(49)27(16-46)61-39)8-13-45(57)20(2)29-26(64-45)15-44(56)25-7-6-22-14-23(9-11-42(22,4)24(25)10-12-43(29,44)5)60-41-38(35(53)32(50)28(17-47)62-41)63-40-37(55)33(51)30(48)21(3)59-40/h6,19-21,23-41,46-57H,7-18H2,1-5H3. The fourth-order valence-corrected chi connectivity index (χ4v) is 13.5. The normalized spacial score (nSPS) is 55.5. The Morgan fingerprint density at radius 3 is 2.06 bits per heavy atom. The van der Waals surface area contributed by atoms with Gasteiger partial charge >= 0.3 is 0 Å². The minimum absolute atomic E-state index is 0.0499. The van der Waals surface area contributed by atoms with Gasteiger partial charge in [0.25, 0.3) is 0 Å². The van der Waals surface area contributed by atoms with Crippen molar-refractivity contribution < 1.29 is 94.4 Å². The summed E-state index contributed by atoms with van der Waals surface area (Å²) in [5.74, 6) is -1.80. The van der Waals surface area contributed by atoms with Gasteiger partial charge in [-0.05, 0) is 75.0 Å². The summed E-state index contributed by atoms with van der Waals surface area (Å²) in [7, 11) is 0. The predicted molar refractivity (Wildman–Crippen MR) is 219 cm³/mol. The molecule has 12 N–H and O–H groups in total. The van der Waals surface area contributed by atoms with Crippen LogP contribution in [-0.4, -0.2) is 197 Å². The number of hydrogen-bond donors (Lipinski definition) is 12. The van der Waals surface area contributed by atoms with Crippen molar-refractivity contribution in [3.8, 4) is 0 Å². The second kappa shape index (κ2) is 18.4. The van der Waals surface area contributed by atoms with Gasteiger partial charge in [0.05, 0.1) is 43.7 Å². The van der Waals surface area contributed by atoms with Gasteiger partial charge in [0.2, 0.25) is 0 Å². The van der Waals surface area contributed by atoms with Crippen LogP contribution in [0.25, 0.3) is 0 Å². The highest BCUT2D eigenvalue weighted by molar-refractivity contribution is 5.29. The molecule has 19 heteroatoms. The summed E-state index contributed by atoms with van der Waals surface area (Å²) >= 11 is 0. The van der Waals surface area contributed by atoms with Crippen LogP contribution in [0.4, 0.5) is 0 Å². The molecule has 4 aliphatic carbocycles. The van der Waals surface area contributed by atoms with E-state index >= 15 is 0 Å². The third kappa shape index (κ3) is 8.16. The Hall–Kier alpha value is -1.02. The van der Waals surface area contributed by atoms with Gasteiger partial charge in [-0.1, -0.05) is 39.3 Å². The molecular weight excluding hydrogens is 844 g/mol. The topological polar surface area (TPSA) is 307 Å². The summed E-state index contributed by atoms with van der Waals surface area (Å²) in [6, 6.07) is 0. The smallest absolute Gasteiger partial charge is 0.187 e. The monoisotopic (exact) mass is 918 g/mol. The number of allylic oxidation sites excluding steroid dienone is 1. The van der Waals surface area contributed by atoms with E-state index in [1.165, 1.54) is 12.5 Å². The van der Waals surface area contributed by atoms with Crippen molar-refractivity contribution in [3.05, 3.63) is 11.6 Å². The zero-order valence-corrected chi connectivity index (χ0v) is 37.5. The van der Waals surface area contributed by atoms with Crippen LogP contribution in [0, 0.1) is 40.4 Å². The molecule has 4 heterocycles. The minimum Gasteiger partial charge on any atom is -0.394 e. The molecule has 0 aromatic carbocycles. The summed E-state index contributed by atoms with van der Waals surface area (Å²) in [5.41, 5.74) is -0.622. The first kappa shape index (κ1) is 49.4. The van der Waals surface area contributed by atoms with Crippen LogP contribution >= 0.6 is 0 Å². The second-order valence-electron chi connectivity index (χ2n) is 21.2. The zero-order chi connectivity index (χ0) is 46.4. The third-order valence-electron chi connectivity index (χ3n) is 17.6. The SMILES string of the molecule is CC(CCC1(O)OC2CC3(O)C4CC=C5CC(OC6OC(CO)C(O)C(O)C6OC6OC(C)C(O)C(O)C6O)CCC5(C)C4CCC3(C)C2C1C)COC1OC(CO)C(O)C(O)C1O. The van der Waals surface area contributed by atoms with E-state index in [9.17, 15) is 61.3 Å². The van der Waals surface area contributed by atoms with Gasteiger partial charge in [-0.2, -0.15) is 0 Å². The van der Waals surface area contributed by atoms with Crippen molar-refractivity contribution in [2.45, 2.75) is 208 Å². The molecule has 3 saturated carbocycles. The maximum atomic E-state index is 13.0. The van der Waals surface area contributed by atoms with Gasteiger partial charge < -0.3 is 94.4 Å². The highest BCUT2D eigenvalue weighted by Crippen LogP contribution is 2.71. The molecule has 8 aliphatic rings. The number of ether oxygens (including phenoxy) is 7. The van der Waals surface area contributed by atoms with Crippen molar-refractivity contribution in [2.24, 2.45) is 40.4 Å². The predicted octanol–water partition coefficient (Wildman–Crippen LogP) is -1.72. The van der Waals surface area contributed by atoms with Gasteiger partial charge in [0, 0.05) is 30.1 Å². The summed E-state index contributed by atoms with van der Waals surface area (Å²) < 4.78 is 41.9. The van der Waals surface area contributed by atoms with Crippen molar-refractivity contribution in [3.63, 3.8) is 0 Å². The van der Waals surface area contributed by atoms with Gasteiger partial charge in [0.1, 0.15) is 67.1 Å². The van der Waals surface area contributed by atoms with Crippen LogP contribution in [0.1, 0.15) is 92.4 Å². The molecule has 7 fully saturated rings. The van der Waals surface area contributed by atoms with Gasteiger partial charge in [-0.25, -0.2) is 0 Å². The molecule has 368 valence electrons. The van der Waals surface area contributed by atoms with Crippen LogP contribution in [-0.2, 0) is 33.2 Å². The largest absolute Gasteiger partial charge is 0.394 e. The lowest BCUT2D eigenvalue weighted by Crippen LogP contribution is -2.64. The number of aliphatic hydroxyl groups is 12. The summed E-state index contributed by atoms with van der Waals surface area (Å²) in [4.78, 5) is 0. The van der Waals surface area contributed by atoms with E-state index in [-0.39, 0.29) is 47.7 Å². The van der Waals surface area contributed by atoms with Crippen LogP contribution in [0.5, 0.6) is 0 Å². The zero-order valence-electron chi connectivity index (χ0n) is 37.5. The van der Waals surface area contributed by atoms with Crippen LogP contribution in [0.3, 0.4) is 0 Å². The molecule has 26 unspecified atom stereocenters. The molecule has 19 nitrogen and oxygen atoms in total. The van der Waals surface area contributed by atoms with Crippen molar-refractivity contribution >= 4 is 0 Å². The van der Waals surface area contributed by atoms with E-state index in [0.717, 1.165) is 19.3 Å². The van der Waals surface area contributed by atoms with Gasteiger partial charge in [-0.15, -0.1) is 0 Å². The Balaban J connectivity index is 0.903. The van der Waals surface area contributed by atoms with Crippen LogP contribution in [0.15, 0.2) is 11.6 Å². The first-order valence-corrected chi connectivity index (χ1v) is 23.5. The van der Waals surface area contributed by atoms with E-state index in [2.05, 4.69) is 19.9 Å². The molecule has 26 atom stereocenters. The lowest BCUT2D eigenvalue weighted by molar-refractivity contribution is -0.369. The molecule has 0 amide bonds. The van der Waals surface area contributed by atoms with E-state index in [0.29, 0.717) is 38.5 Å². The molecule has 0 bridgehead atoms. The summed E-state index contributed by atoms with van der Waals surface area (Å²) in [6.45, 7) is 8.83. The average molecular weight is 919 g/mol. The molecule has 0 aromatic rings. The number of fused-ring (bicyclic) bond motifs is 7.